The highest BCUT2D eigenvalue weighted by Crippen LogP contribution is 2.13. The summed E-state index contributed by atoms with van der Waals surface area (Å²) in [5.74, 6) is 1.04. The summed E-state index contributed by atoms with van der Waals surface area (Å²) in [4.78, 5) is 26.3. The first-order chi connectivity index (χ1) is 10.2. The number of aromatic nitrogens is 3. The second-order valence-corrected chi connectivity index (χ2v) is 4.66. The van der Waals surface area contributed by atoms with Gasteiger partial charge in [-0.1, -0.05) is 6.92 Å². The Kier molecular flexibility index (Phi) is 5.68. The molecule has 0 unspecified atom stereocenters. The van der Waals surface area contributed by atoms with Crippen LogP contribution in [0.5, 0.6) is 6.01 Å². The molecule has 2 rings (SSSR count). The van der Waals surface area contributed by atoms with Gasteiger partial charge in [0.2, 0.25) is 11.9 Å². The van der Waals surface area contributed by atoms with E-state index in [0.29, 0.717) is 31.4 Å². The van der Waals surface area contributed by atoms with Gasteiger partial charge in [-0.15, -0.1) is 0 Å². The predicted octanol–water partition coefficient (Wildman–Crippen LogP) is 0.133. The first-order valence-electron chi connectivity index (χ1n) is 7.11. The number of nitrogens with one attached hydrogen (secondary N) is 1. The Morgan fingerprint density at radius 2 is 2.10 bits per heavy atom. The summed E-state index contributed by atoms with van der Waals surface area (Å²) in [7, 11) is 1.51. The van der Waals surface area contributed by atoms with Crippen molar-refractivity contribution in [3.8, 4) is 6.01 Å². The van der Waals surface area contributed by atoms with E-state index in [1.807, 2.05) is 11.8 Å². The largest absolute Gasteiger partial charge is 0.467 e. The smallest absolute Gasteiger partial charge is 0.321 e. The number of carbonyl (C=O) groups excluding carboxylic acids is 1. The topological polar surface area (TPSA) is 89.5 Å². The fraction of sp³-hybridized carbons (Fsp3) is 0.692. The van der Waals surface area contributed by atoms with Crippen LogP contribution in [0.4, 0.5) is 5.95 Å². The number of hydrogen-bond acceptors (Lipinski definition) is 7. The van der Waals surface area contributed by atoms with E-state index in [4.69, 9.17) is 9.47 Å². The molecule has 1 aliphatic heterocycles. The van der Waals surface area contributed by atoms with Crippen molar-refractivity contribution in [3.05, 3.63) is 5.82 Å². The summed E-state index contributed by atoms with van der Waals surface area (Å²) in [5, 5.41) is 2.79. The molecule has 0 spiro atoms. The van der Waals surface area contributed by atoms with Gasteiger partial charge >= 0.3 is 6.01 Å². The summed E-state index contributed by atoms with van der Waals surface area (Å²) in [6, 6.07) is 0.256. The first kappa shape index (κ1) is 15.4. The van der Waals surface area contributed by atoms with Crippen LogP contribution in [0.2, 0.25) is 0 Å². The Labute approximate surface area is 123 Å². The molecule has 1 aliphatic rings. The SMILES string of the molecule is CCCC(=O)NCc1nc(OC)nc(N2CCOCC2)n1. The second-order valence-electron chi connectivity index (χ2n) is 4.66. The van der Waals surface area contributed by atoms with E-state index >= 15 is 0 Å². The molecule has 1 amide bonds. The van der Waals surface area contributed by atoms with E-state index in [9.17, 15) is 4.79 Å². The van der Waals surface area contributed by atoms with Crippen molar-refractivity contribution in [1.29, 1.82) is 0 Å². The van der Waals surface area contributed by atoms with Gasteiger partial charge in [0.1, 0.15) is 0 Å². The minimum absolute atomic E-state index is 0.00944. The molecule has 2 heterocycles. The molecular formula is C13H21N5O3. The normalized spacial score (nSPS) is 14.9. The Morgan fingerprint density at radius 3 is 2.76 bits per heavy atom. The number of hydrogen-bond donors (Lipinski definition) is 1. The molecule has 0 radical (unpaired) electrons. The lowest BCUT2D eigenvalue weighted by Crippen LogP contribution is -2.37. The lowest BCUT2D eigenvalue weighted by Gasteiger charge is -2.26. The van der Waals surface area contributed by atoms with E-state index < -0.39 is 0 Å². The summed E-state index contributed by atoms with van der Waals surface area (Å²) >= 11 is 0. The molecule has 0 aliphatic carbocycles. The van der Waals surface area contributed by atoms with Crippen molar-refractivity contribution in [1.82, 2.24) is 20.3 Å². The van der Waals surface area contributed by atoms with Crippen molar-refractivity contribution in [3.63, 3.8) is 0 Å². The predicted molar refractivity (Wildman–Crippen MR) is 76.2 cm³/mol. The quantitative estimate of drug-likeness (QED) is 0.798. The van der Waals surface area contributed by atoms with E-state index in [1.54, 1.807) is 0 Å². The molecule has 8 nitrogen and oxygen atoms in total. The molecule has 0 saturated carbocycles. The Bertz CT molecular complexity index is 477. The van der Waals surface area contributed by atoms with Crippen LogP contribution in [0.25, 0.3) is 0 Å². The highest BCUT2D eigenvalue weighted by atomic mass is 16.5. The zero-order chi connectivity index (χ0) is 15.1. The van der Waals surface area contributed by atoms with Gasteiger partial charge in [-0.05, 0) is 6.42 Å². The van der Waals surface area contributed by atoms with Crippen molar-refractivity contribution in [2.45, 2.75) is 26.3 Å². The van der Waals surface area contributed by atoms with Gasteiger partial charge in [-0.2, -0.15) is 15.0 Å². The van der Waals surface area contributed by atoms with Gasteiger partial charge in [-0.25, -0.2) is 0 Å². The van der Waals surface area contributed by atoms with Crippen LogP contribution < -0.4 is 15.0 Å². The summed E-state index contributed by atoms with van der Waals surface area (Å²) in [5.41, 5.74) is 0. The Morgan fingerprint density at radius 1 is 1.33 bits per heavy atom. The summed E-state index contributed by atoms with van der Waals surface area (Å²) < 4.78 is 10.4. The van der Waals surface area contributed by atoms with Crippen LogP contribution in [-0.4, -0.2) is 54.3 Å². The third-order valence-electron chi connectivity index (χ3n) is 3.05. The molecule has 1 saturated heterocycles. The zero-order valence-corrected chi connectivity index (χ0v) is 12.5. The number of amides is 1. The first-order valence-corrected chi connectivity index (χ1v) is 7.11. The molecule has 1 aromatic rings. The highest BCUT2D eigenvalue weighted by molar-refractivity contribution is 5.75. The summed E-state index contributed by atoms with van der Waals surface area (Å²) in [6.45, 7) is 4.99. The maximum absolute atomic E-state index is 11.5. The van der Waals surface area contributed by atoms with Gasteiger partial charge in [0.25, 0.3) is 0 Å². The number of morpholine rings is 1. The standard InChI is InChI=1S/C13H21N5O3/c1-3-4-11(19)14-9-10-15-12(17-13(16-10)20-2)18-5-7-21-8-6-18/h3-9H2,1-2H3,(H,14,19). The Balaban J connectivity index is 2.07. The number of methoxy groups -OCH3 is 1. The van der Waals surface area contributed by atoms with Crippen LogP contribution in [0.3, 0.4) is 0 Å². The average molecular weight is 295 g/mol. The van der Waals surface area contributed by atoms with Gasteiger partial charge in [0.15, 0.2) is 5.82 Å². The van der Waals surface area contributed by atoms with Gasteiger partial charge in [0.05, 0.1) is 26.9 Å². The number of nitrogens with zero attached hydrogens (tertiary/aromatic N) is 4. The molecule has 1 N–H and O–H groups in total. The summed E-state index contributed by atoms with van der Waals surface area (Å²) in [6.07, 6.45) is 1.31. The Hall–Kier alpha value is -1.96. The van der Waals surface area contributed by atoms with Crippen molar-refractivity contribution < 1.29 is 14.3 Å². The van der Waals surface area contributed by atoms with Crippen molar-refractivity contribution in [2.75, 3.05) is 38.3 Å². The van der Waals surface area contributed by atoms with Crippen molar-refractivity contribution in [2.24, 2.45) is 0 Å². The van der Waals surface area contributed by atoms with Crippen LogP contribution in [-0.2, 0) is 16.1 Å². The third-order valence-corrected chi connectivity index (χ3v) is 3.05. The van der Waals surface area contributed by atoms with Crippen molar-refractivity contribution >= 4 is 11.9 Å². The zero-order valence-electron chi connectivity index (χ0n) is 12.5. The number of ether oxygens (including phenoxy) is 2. The minimum Gasteiger partial charge on any atom is -0.467 e. The molecule has 1 aromatic heterocycles. The van der Waals surface area contributed by atoms with Gasteiger partial charge < -0.3 is 19.7 Å². The molecule has 0 atom stereocenters. The molecule has 0 bridgehead atoms. The van der Waals surface area contributed by atoms with Crippen LogP contribution in [0.1, 0.15) is 25.6 Å². The number of anilines is 1. The number of carbonyl (C=O) groups is 1. The third kappa shape index (κ3) is 4.52. The maximum Gasteiger partial charge on any atom is 0.321 e. The number of rotatable bonds is 6. The molecule has 1 fully saturated rings. The average Bonchev–Trinajstić information content (AvgIpc) is 2.54. The monoisotopic (exact) mass is 295 g/mol. The molecule has 116 valence electrons. The fourth-order valence-electron chi connectivity index (χ4n) is 1.95. The van der Waals surface area contributed by atoms with E-state index in [0.717, 1.165) is 19.5 Å². The molecule has 21 heavy (non-hydrogen) atoms. The minimum atomic E-state index is -0.00944. The van der Waals surface area contributed by atoms with Crippen LogP contribution >= 0.6 is 0 Å². The van der Waals surface area contributed by atoms with E-state index in [2.05, 4.69) is 20.3 Å². The lowest BCUT2D eigenvalue weighted by atomic mass is 10.3. The molecular weight excluding hydrogens is 274 g/mol. The molecule has 0 aromatic carbocycles. The van der Waals surface area contributed by atoms with E-state index in [1.165, 1.54) is 7.11 Å². The molecule has 8 heteroatoms. The van der Waals surface area contributed by atoms with Gasteiger partial charge in [0, 0.05) is 19.5 Å². The lowest BCUT2D eigenvalue weighted by molar-refractivity contribution is -0.121. The maximum atomic E-state index is 11.5. The van der Waals surface area contributed by atoms with Crippen LogP contribution in [0, 0.1) is 0 Å². The fourth-order valence-corrected chi connectivity index (χ4v) is 1.95. The van der Waals surface area contributed by atoms with Crippen LogP contribution in [0.15, 0.2) is 0 Å². The van der Waals surface area contributed by atoms with Gasteiger partial charge in [-0.3, -0.25) is 4.79 Å². The second kappa shape index (κ2) is 7.72. The highest BCUT2D eigenvalue weighted by Gasteiger charge is 2.17. The van der Waals surface area contributed by atoms with E-state index in [-0.39, 0.29) is 18.5 Å².